The fourth-order valence-corrected chi connectivity index (χ4v) is 15.7. The van der Waals surface area contributed by atoms with Crippen molar-refractivity contribution in [3.8, 4) is 45.0 Å². The van der Waals surface area contributed by atoms with Gasteiger partial charge in [-0.2, -0.15) is 0 Å². The first-order valence-corrected chi connectivity index (χ1v) is 39.1. The Kier molecular flexibility index (Phi) is 20.4. The number of aromatic nitrogens is 12. The maximum absolute atomic E-state index is 12.9. The second kappa shape index (κ2) is 31.3. The van der Waals surface area contributed by atoms with Crippen LogP contribution in [0.15, 0.2) is 207 Å². The van der Waals surface area contributed by atoms with Gasteiger partial charge in [0.15, 0.2) is 45.9 Å². The Balaban J connectivity index is 0.000000111. The van der Waals surface area contributed by atoms with Crippen LogP contribution < -0.4 is 47.2 Å². The van der Waals surface area contributed by atoms with E-state index in [0.29, 0.717) is 109 Å². The number of piperazine rings is 4. The topological polar surface area (TPSA) is 276 Å². The molecule has 0 aliphatic carbocycles. The summed E-state index contributed by atoms with van der Waals surface area (Å²) in [5.74, 6) is 2.48. The Morgan fingerprint density at radius 2 is 0.678 bits per heavy atom. The highest BCUT2D eigenvalue weighted by Gasteiger charge is 2.26. The van der Waals surface area contributed by atoms with Crippen LogP contribution in [0, 0.1) is 27.7 Å². The number of benzene rings is 4. The van der Waals surface area contributed by atoms with Gasteiger partial charge in [0.05, 0.1) is 45.5 Å². The number of pyridine rings is 4. The van der Waals surface area contributed by atoms with E-state index >= 15 is 0 Å². The first-order valence-electron chi connectivity index (χ1n) is 39.1. The Morgan fingerprint density at radius 1 is 0.357 bits per heavy atom. The van der Waals surface area contributed by atoms with Crippen molar-refractivity contribution >= 4 is 89.7 Å². The molecule has 0 bridgehead atoms. The van der Waals surface area contributed by atoms with Crippen molar-refractivity contribution in [1.82, 2.24) is 77.5 Å². The van der Waals surface area contributed by atoms with Crippen LogP contribution >= 0.6 is 0 Å². The minimum Gasteiger partial charge on any atom is -0.441 e. The van der Waals surface area contributed by atoms with Gasteiger partial charge in [0.25, 0.3) is 22.2 Å². The number of anilines is 4. The molecule has 0 spiro atoms. The average Bonchev–Trinajstić information content (AvgIpc) is 1.53. The molecule has 4 aromatic carbocycles. The van der Waals surface area contributed by atoms with Gasteiger partial charge in [-0.3, -0.25) is 41.7 Å². The maximum Gasteiger partial charge on any atom is 0.258 e. The fourth-order valence-electron chi connectivity index (χ4n) is 15.7. The molecule has 16 aromatic rings. The molecule has 20 rings (SSSR count). The third-order valence-corrected chi connectivity index (χ3v) is 22.2. The smallest absolute Gasteiger partial charge is 0.258 e. The predicted octanol–water partition coefficient (Wildman–Crippen LogP) is 11.5. The SMILES string of the molecule is CCN1CCN(c2ccc3nc(-c4ccc5nc(C)oc5c4)cc(=O)n3c2)C[C@@H]1C.Cc1nc2ccc(-c3cc(=O)n4cc(N5CCN(C)CC5)ccc4n3)cc2o1.Cc1nc2ccc(-c3cc(=O)n4cc(N5CCN(C)[C@@H](C)C5)ccc4n3)cc2o1.Cc1nc2ccc(-c3cc(=O)n4cc(N5CCN[C@@H](C)C5)ccc4n3)cc2o1. The molecular formula is C87H90N20O8. The second-order valence-corrected chi connectivity index (χ2v) is 30.3. The molecule has 115 heavy (non-hydrogen) atoms. The van der Waals surface area contributed by atoms with Crippen LogP contribution in [-0.2, 0) is 0 Å². The lowest BCUT2D eigenvalue weighted by molar-refractivity contribution is 0.199. The number of hydrogen-bond donors (Lipinski definition) is 1. The van der Waals surface area contributed by atoms with E-state index < -0.39 is 0 Å². The van der Waals surface area contributed by atoms with Crippen molar-refractivity contribution in [1.29, 1.82) is 0 Å². The molecule has 1 N–H and O–H groups in total. The highest BCUT2D eigenvalue weighted by molar-refractivity contribution is 5.83. The zero-order valence-corrected chi connectivity index (χ0v) is 66.1. The summed E-state index contributed by atoms with van der Waals surface area (Å²) in [6.45, 7) is 29.8. The molecule has 28 heteroatoms. The monoisotopic (exact) mass is 1540 g/mol. The summed E-state index contributed by atoms with van der Waals surface area (Å²) in [6.07, 6.45) is 7.58. The number of rotatable bonds is 9. The number of fused-ring (bicyclic) bond motifs is 8. The molecule has 3 atom stereocenters. The number of hydrogen-bond acceptors (Lipinski definition) is 24. The molecule has 0 radical (unpaired) electrons. The van der Waals surface area contributed by atoms with Gasteiger partial charge in [0.1, 0.15) is 44.7 Å². The molecule has 586 valence electrons. The zero-order valence-electron chi connectivity index (χ0n) is 66.1. The Bertz CT molecular complexity index is 6630. The van der Waals surface area contributed by atoms with Gasteiger partial charge >= 0.3 is 0 Å². The molecule has 4 saturated heterocycles. The van der Waals surface area contributed by atoms with Crippen molar-refractivity contribution in [2.24, 2.45) is 0 Å². The van der Waals surface area contributed by atoms with E-state index in [1.54, 1.807) is 41.9 Å². The highest BCUT2D eigenvalue weighted by Crippen LogP contribution is 2.31. The largest absolute Gasteiger partial charge is 0.441 e. The number of oxazole rings is 4. The van der Waals surface area contributed by atoms with E-state index in [1.807, 2.05) is 168 Å². The van der Waals surface area contributed by atoms with E-state index in [2.05, 4.69) is 107 Å². The third kappa shape index (κ3) is 15.8. The number of likely N-dealkylation sites (N-methyl/N-ethyl adjacent to an activating group) is 3. The molecular weight excluding hydrogens is 1450 g/mol. The normalized spacial score (nSPS) is 17.3. The summed E-state index contributed by atoms with van der Waals surface area (Å²) in [5.41, 5.74) is 18.2. The summed E-state index contributed by atoms with van der Waals surface area (Å²) in [5, 5.41) is 3.44. The molecule has 16 heterocycles. The average molecular weight is 1540 g/mol. The predicted molar refractivity (Wildman–Crippen MR) is 449 cm³/mol. The van der Waals surface area contributed by atoms with Crippen LogP contribution in [0.1, 0.15) is 51.3 Å². The molecule has 12 aromatic heterocycles. The molecule has 0 saturated carbocycles. The van der Waals surface area contributed by atoms with Crippen LogP contribution in [-0.4, -0.2) is 196 Å². The Labute approximate surface area is 660 Å². The lowest BCUT2D eigenvalue weighted by Gasteiger charge is -2.40. The van der Waals surface area contributed by atoms with Crippen molar-refractivity contribution in [3.63, 3.8) is 0 Å². The van der Waals surface area contributed by atoms with Gasteiger partial charge in [-0.25, -0.2) is 39.9 Å². The van der Waals surface area contributed by atoms with Gasteiger partial charge in [-0.05, 0) is 138 Å². The first-order chi connectivity index (χ1) is 55.6. The summed E-state index contributed by atoms with van der Waals surface area (Å²) in [6, 6.07) is 46.3. The van der Waals surface area contributed by atoms with Crippen molar-refractivity contribution in [2.45, 2.75) is 73.5 Å². The number of nitrogens with zero attached hydrogens (tertiary/aromatic N) is 19. The lowest BCUT2D eigenvalue weighted by atomic mass is 10.1. The van der Waals surface area contributed by atoms with E-state index in [4.69, 9.17) is 37.6 Å². The molecule has 0 amide bonds. The maximum atomic E-state index is 12.9. The van der Waals surface area contributed by atoms with Crippen molar-refractivity contribution < 1.29 is 17.7 Å². The molecule has 4 aliphatic rings. The highest BCUT2D eigenvalue weighted by atomic mass is 16.4. The van der Waals surface area contributed by atoms with E-state index in [1.165, 1.54) is 0 Å². The summed E-state index contributed by atoms with van der Waals surface area (Å²) >= 11 is 0. The molecule has 4 aliphatic heterocycles. The van der Waals surface area contributed by atoms with Gasteiger partial charge in [-0.1, -0.05) is 31.2 Å². The van der Waals surface area contributed by atoms with Crippen molar-refractivity contribution in [2.75, 3.05) is 125 Å². The Morgan fingerprint density at radius 3 is 1.01 bits per heavy atom. The summed E-state index contributed by atoms with van der Waals surface area (Å²) in [4.78, 5) is 104. The van der Waals surface area contributed by atoms with Crippen LogP contribution in [0.25, 0.3) is 112 Å². The van der Waals surface area contributed by atoms with Crippen LogP contribution in [0.5, 0.6) is 0 Å². The van der Waals surface area contributed by atoms with Gasteiger partial charge < -0.3 is 52.4 Å². The van der Waals surface area contributed by atoms with Crippen LogP contribution in [0.3, 0.4) is 0 Å². The standard InChI is InChI=1S/C23H25N5O2.C22H23N5O2.2C21H21N5O2/c1-4-26-9-10-27(13-15(26)2)18-6-8-22-25-20(12-23(29)28(22)14-18)17-5-7-19-21(11-17)30-16(3)24-19;1-14-12-26(9-8-25(14)3)17-5-7-21-24-19(11-22(28)27(21)13-17)16-4-6-18-20(10-16)29-15(2)23-18;1-14-22-17-5-3-15(11-19(17)28-14)18-12-21(27)26-13-16(4-6-20(26)23-18)25-9-7-24(2)8-10-25;1-13-11-25(8-7-22-13)16-4-6-20-24-18(10-21(27)26(20)12-16)15-3-5-17-19(9-15)28-14(2)23-17/h5-8,11-12,14-15H,4,9-10,13H2,1-3H3;4-7,10-11,13-14H,8-9,12H2,1-3H3;3-6,11-13H,7-10H2,1-2H3;3-6,9-10,12-13,22H,7-8,11H2,1-2H3/t15-;14-;;13-/m00.0/s1. The minimum absolute atomic E-state index is 0.0917. The van der Waals surface area contributed by atoms with Crippen molar-refractivity contribution in [3.05, 3.63) is 235 Å². The van der Waals surface area contributed by atoms with Gasteiger partial charge in [0.2, 0.25) is 0 Å². The molecule has 28 nitrogen and oxygen atoms in total. The summed E-state index contributed by atoms with van der Waals surface area (Å²) < 4.78 is 28.9. The third-order valence-electron chi connectivity index (χ3n) is 22.2. The van der Waals surface area contributed by atoms with Gasteiger partial charge in [-0.15, -0.1) is 0 Å². The molecule has 4 fully saturated rings. The number of aryl methyl sites for hydroxylation is 4. The van der Waals surface area contributed by atoms with Crippen LogP contribution in [0.2, 0.25) is 0 Å². The van der Waals surface area contributed by atoms with E-state index in [0.717, 1.165) is 159 Å². The fraction of sp³-hybridized carbons (Fsp3) is 0.310. The zero-order chi connectivity index (χ0) is 79.4. The Hall–Kier alpha value is -12.8. The summed E-state index contributed by atoms with van der Waals surface area (Å²) in [7, 11) is 4.28. The second-order valence-electron chi connectivity index (χ2n) is 30.3. The molecule has 0 unspecified atom stereocenters. The minimum atomic E-state index is -0.0983. The lowest BCUT2D eigenvalue weighted by Crippen LogP contribution is -2.51. The van der Waals surface area contributed by atoms with E-state index in [-0.39, 0.29) is 22.2 Å². The van der Waals surface area contributed by atoms with Gasteiger partial charge in [0, 0.05) is 202 Å². The first kappa shape index (κ1) is 75.0. The quantitative estimate of drug-likeness (QED) is 0.141. The van der Waals surface area contributed by atoms with E-state index in [9.17, 15) is 19.2 Å². The number of nitrogens with one attached hydrogen (secondary N) is 1. The van der Waals surface area contributed by atoms with Crippen LogP contribution in [0.4, 0.5) is 22.7 Å².